The fourth-order valence-corrected chi connectivity index (χ4v) is 2.64. The lowest BCUT2D eigenvalue weighted by atomic mass is 9.89. The number of aromatic nitrogens is 2. The van der Waals surface area contributed by atoms with Crippen LogP contribution in [0.5, 0.6) is 0 Å². The highest BCUT2D eigenvalue weighted by Gasteiger charge is 2.33. The molecule has 0 aliphatic carbocycles. The minimum atomic E-state index is -0.191. The van der Waals surface area contributed by atoms with Gasteiger partial charge in [-0.15, -0.1) is 0 Å². The van der Waals surface area contributed by atoms with Crippen molar-refractivity contribution in [3.63, 3.8) is 0 Å². The maximum atomic E-state index is 12.2. The molecule has 1 aromatic heterocycles. The van der Waals surface area contributed by atoms with E-state index >= 15 is 0 Å². The minimum Gasteiger partial charge on any atom is -0.344 e. The number of likely N-dealkylation sites (tertiary alicyclic amines) is 1. The van der Waals surface area contributed by atoms with Crippen LogP contribution in [0.4, 0.5) is 0 Å². The van der Waals surface area contributed by atoms with Gasteiger partial charge in [-0.2, -0.15) is 12.6 Å². The SMILES string of the molecule is Cc1ccnc(C(=O)NC2(C)CCN(C(C)S)CC2)n1. The average Bonchev–Trinajstić information content (AvgIpc) is 2.38. The zero-order valence-electron chi connectivity index (χ0n) is 12.3. The number of hydrogen-bond acceptors (Lipinski definition) is 5. The number of hydrogen-bond donors (Lipinski definition) is 2. The normalized spacial score (nSPS) is 20.4. The molecule has 20 heavy (non-hydrogen) atoms. The third kappa shape index (κ3) is 3.70. The summed E-state index contributed by atoms with van der Waals surface area (Å²) in [6, 6.07) is 1.78. The van der Waals surface area contributed by atoms with Crippen LogP contribution in [0.25, 0.3) is 0 Å². The Balaban J connectivity index is 1.98. The molecular formula is C14H22N4OS. The first-order chi connectivity index (χ1) is 9.39. The molecule has 1 aliphatic rings. The van der Waals surface area contributed by atoms with E-state index in [9.17, 15) is 4.79 Å². The number of amides is 1. The summed E-state index contributed by atoms with van der Waals surface area (Å²) < 4.78 is 0. The summed E-state index contributed by atoms with van der Waals surface area (Å²) in [7, 11) is 0. The van der Waals surface area contributed by atoms with Crippen molar-refractivity contribution in [1.82, 2.24) is 20.2 Å². The van der Waals surface area contributed by atoms with E-state index in [-0.39, 0.29) is 22.6 Å². The lowest BCUT2D eigenvalue weighted by Gasteiger charge is -2.41. The summed E-state index contributed by atoms with van der Waals surface area (Å²) in [5.41, 5.74) is 0.609. The number of carbonyl (C=O) groups is 1. The number of thiol groups is 1. The van der Waals surface area contributed by atoms with Gasteiger partial charge in [-0.3, -0.25) is 9.69 Å². The molecule has 1 amide bonds. The van der Waals surface area contributed by atoms with Crippen molar-refractivity contribution in [2.24, 2.45) is 0 Å². The van der Waals surface area contributed by atoms with E-state index in [1.807, 2.05) is 6.92 Å². The van der Waals surface area contributed by atoms with Gasteiger partial charge in [-0.1, -0.05) is 0 Å². The predicted octanol–water partition coefficient (Wildman–Crippen LogP) is 1.65. The molecule has 5 nitrogen and oxygen atoms in total. The van der Waals surface area contributed by atoms with E-state index in [1.54, 1.807) is 12.3 Å². The van der Waals surface area contributed by atoms with Crippen LogP contribution in [0.2, 0.25) is 0 Å². The average molecular weight is 294 g/mol. The Kier molecular flexibility index (Phi) is 4.65. The number of nitrogens with zero attached hydrogens (tertiary/aromatic N) is 3. The largest absolute Gasteiger partial charge is 0.344 e. The highest BCUT2D eigenvalue weighted by atomic mass is 32.1. The second kappa shape index (κ2) is 6.10. The summed E-state index contributed by atoms with van der Waals surface area (Å²) in [5, 5.41) is 3.34. The van der Waals surface area contributed by atoms with Gasteiger partial charge in [0.2, 0.25) is 5.82 Å². The zero-order valence-corrected chi connectivity index (χ0v) is 13.2. The van der Waals surface area contributed by atoms with Crippen LogP contribution in [0.15, 0.2) is 12.3 Å². The third-order valence-electron chi connectivity index (χ3n) is 3.84. The maximum absolute atomic E-state index is 12.2. The number of piperidine rings is 1. The van der Waals surface area contributed by atoms with Crippen LogP contribution in [-0.2, 0) is 0 Å². The quantitative estimate of drug-likeness (QED) is 0.832. The number of carbonyl (C=O) groups excluding carboxylic acids is 1. The van der Waals surface area contributed by atoms with Gasteiger partial charge >= 0.3 is 0 Å². The van der Waals surface area contributed by atoms with Crippen molar-refractivity contribution in [2.75, 3.05) is 13.1 Å². The Morgan fingerprint density at radius 2 is 2.15 bits per heavy atom. The van der Waals surface area contributed by atoms with Crippen molar-refractivity contribution < 1.29 is 4.79 Å². The molecule has 0 radical (unpaired) electrons. The molecular weight excluding hydrogens is 272 g/mol. The van der Waals surface area contributed by atoms with Gasteiger partial charge in [-0.25, -0.2) is 9.97 Å². The Morgan fingerprint density at radius 3 is 2.70 bits per heavy atom. The fraction of sp³-hybridized carbons (Fsp3) is 0.643. The molecule has 0 saturated carbocycles. The van der Waals surface area contributed by atoms with Gasteiger partial charge in [0.1, 0.15) is 0 Å². The Morgan fingerprint density at radius 1 is 1.50 bits per heavy atom. The molecule has 2 heterocycles. The van der Waals surface area contributed by atoms with E-state index in [0.717, 1.165) is 31.6 Å². The maximum Gasteiger partial charge on any atom is 0.289 e. The van der Waals surface area contributed by atoms with E-state index < -0.39 is 0 Å². The Labute approximate surface area is 125 Å². The van der Waals surface area contributed by atoms with Gasteiger partial charge < -0.3 is 5.32 Å². The van der Waals surface area contributed by atoms with Crippen LogP contribution in [0, 0.1) is 6.92 Å². The van der Waals surface area contributed by atoms with E-state index in [2.05, 4.69) is 46.7 Å². The van der Waals surface area contributed by atoms with Crippen LogP contribution >= 0.6 is 12.6 Å². The summed E-state index contributed by atoms with van der Waals surface area (Å²) in [6.07, 6.45) is 3.44. The van der Waals surface area contributed by atoms with Gasteiger partial charge in [-0.05, 0) is 39.7 Å². The second-order valence-corrected chi connectivity index (χ2v) is 6.45. The molecule has 0 bridgehead atoms. The molecule has 6 heteroatoms. The lowest BCUT2D eigenvalue weighted by Crippen LogP contribution is -2.54. The molecule has 110 valence electrons. The minimum absolute atomic E-state index is 0.191. The first kappa shape index (κ1) is 15.3. The Hall–Kier alpha value is -1.14. The monoisotopic (exact) mass is 294 g/mol. The highest BCUT2D eigenvalue weighted by Crippen LogP contribution is 2.24. The number of aryl methyl sites for hydroxylation is 1. The number of nitrogens with one attached hydrogen (secondary N) is 1. The standard InChI is InChI=1S/C14H22N4OS/c1-10-4-7-15-12(16-10)13(19)17-14(3)5-8-18(9-6-14)11(2)20/h4,7,11,20H,5-6,8-9H2,1-3H3,(H,17,19). The molecule has 1 saturated heterocycles. The molecule has 1 atom stereocenters. The van der Waals surface area contributed by atoms with Gasteiger partial charge in [0.05, 0.1) is 0 Å². The zero-order chi connectivity index (χ0) is 14.8. The van der Waals surface area contributed by atoms with Crippen molar-refractivity contribution in [1.29, 1.82) is 0 Å². The van der Waals surface area contributed by atoms with Gasteiger partial charge in [0, 0.05) is 35.9 Å². The third-order valence-corrected chi connectivity index (χ3v) is 4.17. The van der Waals surface area contributed by atoms with Crippen LogP contribution in [0.1, 0.15) is 43.0 Å². The molecule has 1 fully saturated rings. The highest BCUT2D eigenvalue weighted by molar-refractivity contribution is 7.80. The van der Waals surface area contributed by atoms with Crippen LogP contribution in [-0.4, -0.2) is 44.8 Å². The summed E-state index contributed by atoms with van der Waals surface area (Å²) >= 11 is 4.45. The van der Waals surface area contributed by atoms with E-state index in [1.165, 1.54) is 0 Å². The number of rotatable bonds is 3. The van der Waals surface area contributed by atoms with Crippen LogP contribution < -0.4 is 5.32 Å². The van der Waals surface area contributed by atoms with Crippen LogP contribution in [0.3, 0.4) is 0 Å². The van der Waals surface area contributed by atoms with Gasteiger partial charge in [0.25, 0.3) is 5.91 Å². The first-order valence-electron chi connectivity index (χ1n) is 6.94. The lowest BCUT2D eigenvalue weighted by molar-refractivity contribution is 0.0820. The summed E-state index contributed by atoms with van der Waals surface area (Å²) in [5.74, 6) is 0.0554. The molecule has 1 unspecified atom stereocenters. The molecule has 1 N–H and O–H groups in total. The van der Waals surface area contributed by atoms with Crippen molar-refractivity contribution in [2.45, 2.75) is 44.5 Å². The fourth-order valence-electron chi connectivity index (χ4n) is 2.40. The van der Waals surface area contributed by atoms with Crippen molar-refractivity contribution in [3.05, 3.63) is 23.8 Å². The predicted molar refractivity (Wildman–Crippen MR) is 81.9 cm³/mol. The van der Waals surface area contributed by atoms with E-state index in [0.29, 0.717) is 0 Å². The molecule has 0 aromatic carbocycles. The van der Waals surface area contributed by atoms with Crippen molar-refractivity contribution >= 4 is 18.5 Å². The summed E-state index contributed by atoms with van der Waals surface area (Å²) in [4.78, 5) is 22.7. The molecule has 1 aliphatic heterocycles. The molecule has 0 spiro atoms. The van der Waals surface area contributed by atoms with E-state index in [4.69, 9.17) is 0 Å². The second-order valence-electron chi connectivity index (χ2n) is 5.70. The topological polar surface area (TPSA) is 58.1 Å². The summed E-state index contributed by atoms with van der Waals surface area (Å²) in [6.45, 7) is 7.89. The molecule has 2 rings (SSSR count). The molecule has 1 aromatic rings. The van der Waals surface area contributed by atoms with Crippen molar-refractivity contribution in [3.8, 4) is 0 Å². The van der Waals surface area contributed by atoms with Gasteiger partial charge in [0.15, 0.2) is 0 Å². The Bertz CT molecular complexity index is 484. The first-order valence-corrected chi connectivity index (χ1v) is 7.45. The smallest absolute Gasteiger partial charge is 0.289 e.